The molecule has 0 aliphatic carbocycles. The molecular formula is C14H16N4O2S. The quantitative estimate of drug-likeness (QED) is 0.873. The Morgan fingerprint density at radius 1 is 1.57 bits per heavy atom. The molecule has 1 aromatic carbocycles. The van der Waals surface area contributed by atoms with Gasteiger partial charge in [0.25, 0.3) is 5.91 Å². The monoisotopic (exact) mass is 304 g/mol. The Balaban J connectivity index is 1.93. The Morgan fingerprint density at radius 2 is 2.38 bits per heavy atom. The maximum atomic E-state index is 12.7. The van der Waals surface area contributed by atoms with Crippen LogP contribution >= 0.6 is 11.3 Å². The minimum atomic E-state index is -0.395. The van der Waals surface area contributed by atoms with E-state index in [1.807, 2.05) is 6.92 Å². The molecule has 6 nitrogen and oxygen atoms in total. The first kappa shape index (κ1) is 13.8. The molecule has 2 aromatic rings. The molecule has 1 fully saturated rings. The molecule has 2 heterocycles. The highest BCUT2D eigenvalue weighted by molar-refractivity contribution is 7.22. The first-order valence-electron chi connectivity index (χ1n) is 6.85. The summed E-state index contributed by atoms with van der Waals surface area (Å²) >= 11 is 1.35. The minimum Gasteiger partial charge on any atom is -0.375 e. The third-order valence-corrected chi connectivity index (χ3v) is 4.48. The van der Waals surface area contributed by atoms with Crippen molar-refractivity contribution in [1.82, 2.24) is 15.2 Å². The van der Waals surface area contributed by atoms with Crippen molar-refractivity contribution in [3.8, 4) is 0 Å². The van der Waals surface area contributed by atoms with Gasteiger partial charge < -0.3 is 16.0 Å². The molecule has 0 bridgehead atoms. The number of nitrogens with two attached hydrogens (primary N) is 1. The fraction of sp³-hybridized carbons (Fsp3) is 0.357. The number of fused-ring (bicyclic) bond motifs is 1. The zero-order chi connectivity index (χ0) is 15.0. The lowest BCUT2D eigenvalue weighted by Gasteiger charge is -2.34. The number of thiazole rings is 1. The molecule has 7 heteroatoms. The average molecular weight is 304 g/mol. The van der Waals surface area contributed by atoms with Gasteiger partial charge in [0.15, 0.2) is 5.13 Å². The largest absolute Gasteiger partial charge is 0.375 e. The topological polar surface area (TPSA) is 88.3 Å². The molecule has 1 saturated heterocycles. The number of amides is 2. The summed E-state index contributed by atoms with van der Waals surface area (Å²) in [7, 11) is 0. The van der Waals surface area contributed by atoms with Crippen LogP contribution in [-0.4, -0.2) is 40.8 Å². The van der Waals surface area contributed by atoms with Crippen molar-refractivity contribution in [2.45, 2.75) is 19.4 Å². The Morgan fingerprint density at radius 3 is 3.14 bits per heavy atom. The molecule has 3 rings (SSSR count). The van der Waals surface area contributed by atoms with Crippen molar-refractivity contribution in [3.63, 3.8) is 0 Å². The average Bonchev–Trinajstić information content (AvgIpc) is 2.85. The van der Waals surface area contributed by atoms with Gasteiger partial charge in [-0.2, -0.15) is 0 Å². The van der Waals surface area contributed by atoms with E-state index in [1.165, 1.54) is 11.3 Å². The normalized spacial score (nSPS) is 18.8. The van der Waals surface area contributed by atoms with Crippen LogP contribution in [0.5, 0.6) is 0 Å². The highest BCUT2D eigenvalue weighted by Crippen LogP contribution is 2.25. The van der Waals surface area contributed by atoms with Crippen LogP contribution in [0.3, 0.4) is 0 Å². The van der Waals surface area contributed by atoms with Crippen LogP contribution in [0.4, 0.5) is 5.13 Å². The number of hydrogen-bond donors (Lipinski definition) is 2. The number of carbonyl (C=O) groups is 2. The molecule has 1 aromatic heterocycles. The van der Waals surface area contributed by atoms with Crippen LogP contribution < -0.4 is 11.1 Å². The lowest BCUT2D eigenvalue weighted by Crippen LogP contribution is -2.56. The van der Waals surface area contributed by atoms with Crippen molar-refractivity contribution in [2.24, 2.45) is 0 Å². The summed E-state index contributed by atoms with van der Waals surface area (Å²) in [5.74, 6) is -0.203. The minimum absolute atomic E-state index is 0.0831. The highest BCUT2D eigenvalue weighted by atomic mass is 32.1. The molecule has 0 radical (unpaired) electrons. The molecule has 110 valence electrons. The van der Waals surface area contributed by atoms with E-state index in [1.54, 1.807) is 23.1 Å². The summed E-state index contributed by atoms with van der Waals surface area (Å²) in [6.07, 6.45) is 0.604. The van der Waals surface area contributed by atoms with Gasteiger partial charge in [-0.3, -0.25) is 9.59 Å². The predicted octanol–water partition coefficient (Wildman–Crippen LogP) is 1.23. The summed E-state index contributed by atoms with van der Waals surface area (Å²) in [4.78, 5) is 30.3. The molecule has 21 heavy (non-hydrogen) atoms. The summed E-state index contributed by atoms with van der Waals surface area (Å²) in [6, 6.07) is 4.93. The molecule has 0 spiro atoms. The Bertz CT molecular complexity index is 712. The van der Waals surface area contributed by atoms with Gasteiger partial charge in [-0.15, -0.1) is 0 Å². The van der Waals surface area contributed by atoms with E-state index in [4.69, 9.17) is 5.73 Å². The van der Waals surface area contributed by atoms with Gasteiger partial charge in [0, 0.05) is 18.7 Å². The number of rotatable bonds is 2. The number of anilines is 1. The van der Waals surface area contributed by atoms with E-state index in [0.29, 0.717) is 30.2 Å². The predicted molar refractivity (Wildman–Crippen MR) is 82.2 cm³/mol. The van der Waals surface area contributed by atoms with E-state index in [2.05, 4.69) is 10.3 Å². The first-order chi connectivity index (χ1) is 10.1. The lowest BCUT2D eigenvalue weighted by atomic mass is 10.1. The zero-order valence-corrected chi connectivity index (χ0v) is 12.4. The number of nitrogen functional groups attached to an aromatic ring is 1. The van der Waals surface area contributed by atoms with E-state index in [9.17, 15) is 9.59 Å². The number of nitrogens with zero attached hydrogens (tertiary/aromatic N) is 2. The third kappa shape index (κ3) is 2.44. The van der Waals surface area contributed by atoms with Crippen molar-refractivity contribution in [3.05, 3.63) is 23.8 Å². The number of piperazine rings is 1. The van der Waals surface area contributed by atoms with Gasteiger partial charge in [-0.05, 0) is 24.6 Å². The smallest absolute Gasteiger partial charge is 0.254 e. The molecule has 2 amide bonds. The van der Waals surface area contributed by atoms with E-state index in [0.717, 1.165) is 10.2 Å². The Kier molecular flexibility index (Phi) is 3.50. The summed E-state index contributed by atoms with van der Waals surface area (Å²) in [5.41, 5.74) is 7.04. The van der Waals surface area contributed by atoms with Gasteiger partial charge in [0.2, 0.25) is 5.91 Å². The van der Waals surface area contributed by atoms with Crippen molar-refractivity contribution in [2.75, 3.05) is 18.8 Å². The number of aromatic nitrogens is 1. The molecule has 1 aliphatic rings. The van der Waals surface area contributed by atoms with Crippen LogP contribution in [0, 0.1) is 0 Å². The van der Waals surface area contributed by atoms with Crippen LogP contribution in [0.2, 0.25) is 0 Å². The third-order valence-electron chi connectivity index (χ3n) is 3.63. The van der Waals surface area contributed by atoms with E-state index in [-0.39, 0.29) is 11.8 Å². The van der Waals surface area contributed by atoms with Crippen LogP contribution in [0.1, 0.15) is 23.7 Å². The maximum absolute atomic E-state index is 12.7. The Hall–Kier alpha value is -2.15. The van der Waals surface area contributed by atoms with E-state index < -0.39 is 6.04 Å². The van der Waals surface area contributed by atoms with Crippen molar-refractivity contribution >= 4 is 38.5 Å². The summed E-state index contributed by atoms with van der Waals surface area (Å²) < 4.78 is 0.882. The van der Waals surface area contributed by atoms with Gasteiger partial charge in [-0.1, -0.05) is 18.3 Å². The van der Waals surface area contributed by atoms with Gasteiger partial charge >= 0.3 is 0 Å². The molecule has 1 atom stereocenters. The van der Waals surface area contributed by atoms with Gasteiger partial charge in [0.05, 0.1) is 10.2 Å². The zero-order valence-electron chi connectivity index (χ0n) is 11.6. The maximum Gasteiger partial charge on any atom is 0.254 e. The lowest BCUT2D eigenvalue weighted by molar-refractivity contribution is -0.127. The second kappa shape index (κ2) is 5.33. The molecule has 1 aliphatic heterocycles. The second-order valence-electron chi connectivity index (χ2n) is 4.95. The molecule has 3 N–H and O–H groups in total. The highest BCUT2D eigenvalue weighted by Gasteiger charge is 2.32. The molecule has 1 unspecified atom stereocenters. The number of nitrogens with one attached hydrogen (secondary N) is 1. The Labute approximate surface area is 125 Å². The molecule has 0 saturated carbocycles. The van der Waals surface area contributed by atoms with E-state index >= 15 is 0 Å². The SMILES string of the molecule is CCC1C(=O)NCCN1C(=O)c1ccc2nc(N)sc2c1. The number of benzene rings is 1. The number of hydrogen-bond acceptors (Lipinski definition) is 5. The molecular weight excluding hydrogens is 288 g/mol. The summed E-state index contributed by atoms with van der Waals surface area (Å²) in [5, 5.41) is 3.28. The van der Waals surface area contributed by atoms with Gasteiger partial charge in [-0.25, -0.2) is 4.98 Å². The summed E-state index contributed by atoms with van der Waals surface area (Å²) in [6.45, 7) is 2.94. The second-order valence-corrected chi connectivity index (χ2v) is 6.01. The van der Waals surface area contributed by atoms with Crippen LogP contribution in [-0.2, 0) is 4.79 Å². The van der Waals surface area contributed by atoms with Crippen molar-refractivity contribution < 1.29 is 9.59 Å². The van der Waals surface area contributed by atoms with Crippen molar-refractivity contribution in [1.29, 1.82) is 0 Å². The van der Waals surface area contributed by atoms with Crippen LogP contribution in [0.25, 0.3) is 10.2 Å². The fourth-order valence-electron chi connectivity index (χ4n) is 2.60. The standard InChI is InChI=1S/C14H16N4O2S/c1-2-10-12(19)16-5-6-18(10)13(20)8-3-4-9-11(7-8)21-14(15)17-9/h3-4,7,10H,2,5-6H2,1H3,(H2,15,17)(H,16,19). The fourth-order valence-corrected chi connectivity index (χ4v) is 3.38. The van der Waals surface area contributed by atoms with Crippen LogP contribution in [0.15, 0.2) is 18.2 Å². The number of carbonyl (C=O) groups excluding carboxylic acids is 2. The first-order valence-corrected chi connectivity index (χ1v) is 7.66. The van der Waals surface area contributed by atoms with Gasteiger partial charge in [0.1, 0.15) is 6.04 Å².